The number of ether oxygens (including phenoxy) is 1. The van der Waals surface area contributed by atoms with Crippen LogP contribution in [-0.4, -0.2) is 41.6 Å². The predicted molar refractivity (Wildman–Crippen MR) is 104 cm³/mol. The minimum Gasteiger partial charge on any atom is -0.497 e. The van der Waals surface area contributed by atoms with Gasteiger partial charge < -0.3 is 15.0 Å². The van der Waals surface area contributed by atoms with Gasteiger partial charge in [0.05, 0.1) is 7.11 Å². The van der Waals surface area contributed by atoms with Crippen molar-refractivity contribution in [2.24, 2.45) is 0 Å². The van der Waals surface area contributed by atoms with Crippen molar-refractivity contribution in [3.8, 4) is 5.75 Å². The highest BCUT2D eigenvalue weighted by Crippen LogP contribution is 2.16. The fraction of sp³-hybridized carbons (Fsp3) is 0.200. The number of anilines is 2. The van der Waals surface area contributed by atoms with Gasteiger partial charge in [-0.1, -0.05) is 0 Å². The molecule has 3 aromatic rings. The van der Waals surface area contributed by atoms with E-state index in [2.05, 4.69) is 20.3 Å². The minimum atomic E-state index is -0.286. The largest absolute Gasteiger partial charge is 0.497 e. The molecule has 1 amide bonds. The lowest BCUT2D eigenvalue weighted by Gasteiger charge is -2.17. The van der Waals surface area contributed by atoms with E-state index < -0.39 is 0 Å². The highest BCUT2D eigenvalue weighted by molar-refractivity contribution is 6.02. The van der Waals surface area contributed by atoms with Gasteiger partial charge in [-0.05, 0) is 54.4 Å². The second-order valence-electron chi connectivity index (χ2n) is 5.95. The third-order valence-electron chi connectivity index (χ3n) is 4.05. The molecule has 1 aromatic carbocycles. The zero-order chi connectivity index (χ0) is 19.1. The minimum absolute atomic E-state index is 0.286. The Labute approximate surface area is 158 Å². The van der Waals surface area contributed by atoms with Crippen LogP contribution in [0.15, 0.2) is 61.1 Å². The van der Waals surface area contributed by atoms with Gasteiger partial charge in [-0.3, -0.25) is 9.78 Å². The van der Waals surface area contributed by atoms with Crippen molar-refractivity contribution in [2.45, 2.75) is 6.42 Å². The molecule has 0 aliphatic rings. The number of nitrogens with one attached hydrogen (secondary N) is 1. The fourth-order valence-electron chi connectivity index (χ4n) is 2.47. The number of nitrogens with zero attached hydrogens (tertiary/aromatic N) is 4. The molecule has 0 saturated heterocycles. The molecule has 2 aromatic heterocycles. The number of amides is 1. The Bertz CT molecular complexity index is 884. The number of rotatable bonds is 7. The Morgan fingerprint density at radius 2 is 1.81 bits per heavy atom. The standard InChI is InChI=1S/C20H21N5O2/c1-25(14-10-15-7-11-21-12-8-15)20-22-13-9-18(24-20)19(26)23-16-3-5-17(27-2)6-4-16/h3-9,11-13H,10,14H2,1-2H3,(H,23,26). The van der Waals surface area contributed by atoms with E-state index in [1.165, 1.54) is 5.56 Å². The quantitative estimate of drug-likeness (QED) is 0.695. The van der Waals surface area contributed by atoms with Crippen molar-refractivity contribution in [3.63, 3.8) is 0 Å². The van der Waals surface area contributed by atoms with Crippen LogP contribution in [0, 0.1) is 0 Å². The maximum Gasteiger partial charge on any atom is 0.274 e. The Hall–Kier alpha value is -3.48. The number of benzene rings is 1. The first kappa shape index (κ1) is 18.3. The van der Waals surface area contributed by atoms with Gasteiger partial charge in [-0.2, -0.15) is 0 Å². The van der Waals surface area contributed by atoms with Crippen LogP contribution in [0.3, 0.4) is 0 Å². The van der Waals surface area contributed by atoms with Gasteiger partial charge in [0.25, 0.3) is 5.91 Å². The van der Waals surface area contributed by atoms with Crippen molar-refractivity contribution in [2.75, 3.05) is 30.9 Å². The summed E-state index contributed by atoms with van der Waals surface area (Å²) < 4.78 is 5.11. The molecule has 7 nitrogen and oxygen atoms in total. The molecule has 0 radical (unpaired) electrons. The monoisotopic (exact) mass is 363 g/mol. The van der Waals surface area contributed by atoms with Gasteiger partial charge in [0.2, 0.25) is 5.95 Å². The zero-order valence-electron chi connectivity index (χ0n) is 15.3. The number of pyridine rings is 1. The number of likely N-dealkylation sites (N-methyl/N-ethyl adjacent to an activating group) is 1. The van der Waals surface area contributed by atoms with Gasteiger partial charge in [0.15, 0.2) is 0 Å². The predicted octanol–water partition coefficient (Wildman–Crippen LogP) is 2.81. The first-order chi connectivity index (χ1) is 13.2. The molecule has 0 fully saturated rings. The second kappa shape index (κ2) is 8.75. The van der Waals surface area contributed by atoms with Crippen LogP contribution in [0.5, 0.6) is 5.75 Å². The van der Waals surface area contributed by atoms with E-state index in [1.807, 2.05) is 24.1 Å². The summed E-state index contributed by atoms with van der Waals surface area (Å²) in [7, 11) is 3.50. The Morgan fingerprint density at radius 3 is 2.52 bits per heavy atom. The molecule has 3 rings (SSSR count). The maximum absolute atomic E-state index is 12.5. The molecule has 7 heteroatoms. The van der Waals surface area contributed by atoms with Gasteiger partial charge in [0.1, 0.15) is 11.4 Å². The summed E-state index contributed by atoms with van der Waals surface area (Å²) in [5, 5.41) is 2.82. The van der Waals surface area contributed by atoms with Crippen molar-refractivity contribution < 1.29 is 9.53 Å². The van der Waals surface area contributed by atoms with Crippen molar-refractivity contribution in [3.05, 3.63) is 72.3 Å². The van der Waals surface area contributed by atoms with Crippen LogP contribution in [0.4, 0.5) is 11.6 Å². The average Bonchev–Trinajstić information content (AvgIpc) is 2.73. The van der Waals surface area contributed by atoms with E-state index in [9.17, 15) is 4.79 Å². The molecule has 0 unspecified atom stereocenters. The van der Waals surface area contributed by atoms with Crippen LogP contribution in [0.2, 0.25) is 0 Å². The van der Waals surface area contributed by atoms with Crippen molar-refractivity contribution in [1.29, 1.82) is 0 Å². The summed E-state index contributed by atoms with van der Waals surface area (Å²) in [4.78, 5) is 27.1. The highest BCUT2D eigenvalue weighted by atomic mass is 16.5. The van der Waals surface area contributed by atoms with Gasteiger partial charge in [0, 0.05) is 37.9 Å². The van der Waals surface area contributed by atoms with E-state index in [0.717, 1.165) is 18.7 Å². The summed E-state index contributed by atoms with van der Waals surface area (Å²) >= 11 is 0. The third-order valence-corrected chi connectivity index (χ3v) is 4.05. The molecule has 0 bridgehead atoms. The Balaban J connectivity index is 1.63. The summed E-state index contributed by atoms with van der Waals surface area (Å²) in [6, 6.07) is 12.7. The Kier molecular flexibility index (Phi) is 5.94. The molecular formula is C20H21N5O2. The van der Waals surface area contributed by atoms with Crippen molar-refractivity contribution in [1.82, 2.24) is 15.0 Å². The van der Waals surface area contributed by atoms with E-state index in [4.69, 9.17) is 4.74 Å². The van der Waals surface area contributed by atoms with Gasteiger partial charge in [-0.25, -0.2) is 9.97 Å². The molecule has 2 heterocycles. The normalized spacial score (nSPS) is 10.3. The first-order valence-electron chi connectivity index (χ1n) is 8.54. The summed E-state index contributed by atoms with van der Waals surface area (Å²) in [5.74, 6) is 0.950. The smallest absolute Gasteiger partial charge is 0.274 e. The van der Waals surface area contributed by atoms with E-state index in [1.54, 1.807) is 56.0 Å². The maximum atomic E-state index is 12.5. The number of carbonyl (C=O) groups excluding carboxylic acids is 1. The number of aromatic nitrogens is 3. The number of methoxy groups -OCH3 is 1. The van der Waals surface area contributed by atoms with Crippen LogP contribution in [0.25, 0.3) is 0 Å². The average molecular weight is 363 g/mol. The highest BCUT2D eigenvalue weighted by Gasteiger charge is 2.12. The zero-order valence-corrected chi connectivity index (χ0v) is 15.3. The SMILES string of the molecule is COc1ccc(NC(=O)c2ccnc(N(C)CCc3ccncc3)n2)cc1. The van der Waals surface area contributed by atoms with Crippen LogP contribution >= 0.6 is 0 Å². The lowest BCUT2D eigenvalue weighted by atomic mass is 10.2. The summed E-state index contributed by atoms with van der Waals surface area (Å²) in [6.45, 7) is 0.730. The van der Waals surface area contributed by atoms with Crippen LogP contribution in [-0.2, 0) is 6.42 Å². The number of hydrogen-bond donors (Lipinski definition) is 1. The van der Waals surface area contributed by atoms with Crippen LogP contribution in [0.1, 0.15) is 16.1 Å². The van der Waals surface area contributed by atoms with Gasteiger partial charge in [-0.15, -0.1) is 0 Å². The molecule has 0 spiro atoms. The molecule has 0 aliphatic heterocycles. The first-order valence-corrected chi connectivity index (χ1v) is 8.54. The third kappa shape index (κ3) is 5.01. The van der Waals surface area contributed by atoms with E-state index >= 15 is 0 Å². The second-order valence-corrected chi connectivity index (χ2v) is 5.95. The topological polar surface area (TPSA) is 80.2 Å². The van der Waals surface area contributed by atoms with Crippen molar-refractivity contribution >= 4 is 17.5 Å². The molecule has 27 heavy (non-hydrogen) atoms. The fourth-order valence-corrected chi connectivity index (χ4v) is 2.47. The molecule has 0 saturated carbocycles. The van der Waals surface area contributed by atoms with Crippen LogP contribution < -0.4 is 15.0 Å². The lowest BCUT2D eigenvalue weighted by Crippen LogP contribution is -2.24. The van der Waals surface area contributed by atoms with E-state index in [0.29, 0.717) is 17.3 Å². The molecule has 1 N–H and O–H groups in total. The molecule has 138 valence electrons. The molecule has 0 atom stereocenters. The lowest BCUT2D eigenvalue weighted by molar-refractivity contribution is 0.102. The van der Waals surface area contributed by atoms with Gasteiger partial charge >= 0.3 is 0 Å². The Morgan fingerprint density at radius 1 is 1.07 bits per heavy atom. The summed E-state index contributed by atoms with van der Waals surface area (Å²) in [5.41, 5.74) is 2.17. The number of hydrogen-bond acceptors (Lipinski definition) is 6. The van der Waals surface area contributed by atoms with E-state index in [-0.39, 0.29) is 5.91 Å². The molecular weight excluding hydrogens is 342 g/mol. The summed E-state index contributed by atoms with van der Waals surface area (Å²) in [6.07, 6.45) is 5.98. The number of carbonyl (C=O) groups is 1. The molecule has 0 aliphatic carbocycles.